The van der Waals surface area contributed by atoms with Gasteiger partial charge in [0, 0.05) is 12.2 Å². The summed E-state index contributed by atoms with van der Waals surface area (Å²) in [6.07, 6.45) is 5.33. The summed E-state index contributed by atoms with van der Waals surface area (Å²) in [5.41, 5.74) is 1.88. The van der Waals surface area contributed by atoms with E-state index >= 15 is 0 Å². The minimum Gasteiger partial charge on any atom is -0.289 e. The van der Waals surface area contributed by atoms with E-state index < -0.39 is 0 Å². The first-order valence-electron chi connectivity index (χ1n) is 7.93. The molecular formula is C16H16Cl2N6. The minimum atomic E-state index is 0.301. The monoisotopic (exact) mass is 362 g/mol. The van der Waals surface area contributed by atoms with E-state index in [0.29, 0.717) is 28.5 Å². The first kappa shape index (κ1) is 15.7. The number of piperidine rings is 1. The van der Waals surface area contributed by atoms with Crippen LogP contribution in [-0.2, 0) is 6.54 Å². The third-order valence-corrected chi connectivity index (χ3v) is 4.81. The molecule has 4 heterocycles. The number of aromatic nitrogens is 5. The molecule has 0 N–H and O–H groups in total. The molecule has 0 radical (unpaired) electrons. The van der Waals surface area contributed by atoms with Gasteiger partial charge in [0.15, 0.2) is 11.5 Å². The quantitative estimate of drug-likeness (QED) is 0.666. The SMILES string of the molecule is Clc1ccc(C2CCCCN2Cc2nnc3ccc(Cl)nn23)cn1. The van der Waals surface area contributed by atoms with E-state index in [1.165, 1.54) is 18.4 Å². The normalized spacial score (nSPS) is 19.0. The number of nitrogens with zero attached hydrogens (tertiary/aromatic N) is 6. The molecule has 1 atom stereocenters. The highest BCUT2D eigenvalue weighted by Gasteiger charge is 2.26. The molecule has 3 aromatic heterocycles. The summed E-state index contributed by atoms with van der Waals surface area (Å²) in [5.74, 6) is 0.793. The van der Waals surface area contributed by atoms with E-state index in [9.17, 15) is 0 Å². The van der Waals surface area contributed by atoms with E-state index in [4.69, 9.17) is 23.2 Å². The zero-order chi connectivity index (χ0) is 16.5. The van der Waals surface area contributed by atoms with Crippen LogP contribution in [0.15, 0.2) is 30.5 Å². The van der Waals surface area contributed by atoms with Crippen molar-refractivity contribution in [2.75, 3.05) is 6.54 Å². The van der Waals surface area contributed by atoms with Gasteiger partial charge in [-0.05, 0) is 43.1 Å². The first-order chi connectivity index (χ1) is 11.7. The lowest BCUT2D eigenvalue weighted by molar-refractivity contribution is 0.135. The van der Waals surface area contributed by atoms with Crippen molar-refractivity contribution in [3.63, 3.8) is 0 Å². The molecule has 24 heavy (non-hydrogen) atoms. The Morgan fingerprint density at radius 1 is 1.04 bits per heavy atom. The van der Waals surface area contributed by atoms with Crippen LogP contribution in [0.1, 0.15) is 36.7 Å². The van der Waals surface area contributed by atoms with Gasteiger partial charge in [0.05, 0.1) is 6.54 Å². The molecule has 1 aliphatic heterocycles. The van der Waals surface area contributed by atoms with Crippen molar-refractivity contribution in [1.29, 1.82) is 0 Å². The van der Waals surface area contributed by atoms with Crippen LogP contribution < -0.4 is 0 Å². The van der Waals surface area contributed by atoms with Gasteiger partial charge in [-0.15, -0.1) is 10.2 Å². The van der Waals surface area contributed by atoms with Crippen molar-refractivity contribution in [3.05, 3.63) is 52.2 Å². The van der Waals surface area contributed by atoms with Crippen LogP contribution in [0.3, 0.4) is 0 Å². The minimum absolute atomic E-state index is 0.301. The van der Waals surface area contributed by atoms with Crippen LogP contribution in [-0.4, -0.2) is 36.2 Å². The average molecular weight is 363 g/mol. The van der Waals surface area contributed by atoms with E-state index in [1.54, 1.807) is 10.6 Å². The van der Waals surface area contributed by atoms with Gasteiger partial charge in [0.1, 0.15) is 10.3 Å². The smallest absolute Gasteiger partial charge is 0.178 e. The maximum atomic E-state index is 6.01. The largest absolute Gasteiger partial charge is 0.289 e. The third-order valence-electron chi connectivity index (χ3n) is 4.39. The Morgan fingerprint density at radius 2 is 1.92 bits per heavy atom. The topological polar surface area (TPSA) is 59.2 Å². The molecule has 8 heteroatoms. The molecule has 0 aromatic carbocycles. The number of halogens is 2. The second-order valence-corrected chi connectivity index (χ2v) is 6.71. The van der Waals surface area contributed by atoms with Gasteiger partial charge in [-0.1, -0.05) is 35.7 Å². The standard InChI is InChI=1S/C16H16Cl2N6/c17-13-5-4-11(9-19-13)12-3-1-2-8-23(12)10-16-21-20-15-7-6-14(18)22-24(15)16/h4-7,9,12H,1-3,8,10H2. The fourth-order valence-electron chi connectivity index (χ4n) is 3.23. The number of hydrogen-bond donors (Lipinski definition) is 0. The van der Waals surface area contributed by atoms with Crippen molar-refractivity contribution in [3.8, 4) is 0 Å². The highest BCUT2D eigenvalue weighted by molar-refractivity contribution is 6.29. The molecule has 124 valence electrons. The molecule has 6 nitrogen and oxygen atoms in total. The Hall–Kier alpha value is -1.76. The first-order valence-corrected chi connectivity index (χ1v) is 8.68. The molecule has 0 aliphatic carbocycles. The summed E-state index contributed by atoms with van der Waals surface area (Å²) in [4.78, 5) is 6.62. The Labute approximate surface area is 149 Å². The maximum absolute atomic E-state index is 6.01. The fraction of sp³-hybridized carbons (Fsp3) is 0.375. The summed E-state index contributed by atoms with van der Waals surface area (Å²) in [7, 11) is 0. The number of fused-ring (bicyclic) bond motifs is 1. The van der Waals surface area contributed by atoms with Gasteiger partial charge < -0.3 is 0 Å². The van der Waals surface area contributed by atoms with Crippen LogP contribution >= 0.6 is 23.2 Å². The molecule has 1 saturated heterocycles. The number of rotatable bonds is 3. The second kappa shape index (κ2) is 6.63. The number of likely N-dealkylation sites (tertiary alicyclic amines) is 1. The maximum Gasteiger partial charge on any atom is 0.178 e. The van der Waals surface area contributed by atoms with Gasteiger partial charge in [-0.2, -0.15) is 9.61 Å². The lowest BCUT2D eigenvalue weighted by atomic mass is 9.96. The Kier molecular flexibility index (Phi) is 4.35. The predicted octanol–water partition coefficient (Wildman–Crippen LogP) is 3.55. The summed E-state index contributed by atoms with van der Waals surface area (Å²) in [5, 5.41) is 13.7. The summed E-state index contributed by atoms with van der Waals surface area (Å²) in [6.45, 7) is 1.67. The fourth-order valence-corrected chi connectivity index (χ4v) is 3.48. The van der Waals surface area contributed by atoms with E-state index in [0.717, 1.165) is 18.8 Å². The van der Waals surface area contributed by atoms with Crippen LogP contribution in [0.25, 0.3) is 5.65 Å². The lowest BCUT2D eigenvalue weighted by Gasteiger charge is -2.35. The zero-order valence-electron chi connectivity index (χ0n) is 12.9. The molecular weight excluding hydrogens is 347 g/mol. The molecule has 0 bridgehead atoms. The van der Waals surface area contributed by atoms with Crippen molar-refractivity contribution in [2.24, 2.45) is 0 Å². The molecule has 4 rings (SSSR count). The Morgan fingerprint density at radius 3 is 2.75 bits per heavy atom. The third kappa shape index (κ3) is 3.09. The van der Waals surface area contributed by atoms with Crippen molar-refractivity contribution >= 4 is 28.8 Å². The Balaban J connectivity index is 1.63. The lowest BCUT2D eigenvalue weighted by Crippen LogP contribution is -2.33. The summed E-state index contributed by atoms with van der Waals surface area (Å²) >= 11 is 11.9. The van der Waals surface area contributed by atoms with Crippen molar-refractivity contribution in [1.82, 2.24) is 29.7 Å². The number of hydrogen-bond acceptors (Lipinski definition) is 5. The van der Waals surface area contributed by atoms with Crippen LogP contribution in [0.4, 0.5) is 0 Å². The van der Waals surface area contributed by atoms with Crippen LogP contribution in [0.2, 0.25) is 10.3 Å². The van der Waals surface area contributed by atoms with Crippen molar-refractivity contribution < 1.29 is 0 Å². The highest BCUT2D eigenvalue weighted by Crippen LogP contribution is 2.32. The average Bonchev–Trinajstić information content (AvgIpc) is 2.98. The highest BCUT2D eigenvalue weighted by atomic mass is 35.5. The second-order valence-electron chi connectivity index (χ2n) is 5.94. The summed E-state index contributed by atoms with van der Waals surface area (Å²) < 4.78 is 1.72. The van der Waals surface area contributed by atoms with Crippen LogP contribution in [0.5, 0.6) is 0 Å². The van der Waals surface area contributed by atoms with Gasteiger partial charge in [0.2, 0.25) is 0 Å². The Bertz CT molecular complexity index is 847. The molecule has 1 unspecified atom stereocenters. The van der Waals surface area contributed by atoms with Crippen molar-refractivity contribution in [2.45, 2.75) is 31.8 Å². The molecule has 0 amide bonds. The van der Waals surface area contributed by atoms with Gasteiger partial charge in [0.25, 0.3) is 0 Å². The van der Waals surface area contributed by atoms with Crippen LogP contribution in [0, 0.1) is 0 Å². The number of pyridine rings is 1. The van der Waals surface area contributed by atoms with Gasteiger partial charge >= 0.3 is 0 Å². The van der Waals surface area contributed by atoms with Gasteiger partial charge in [-0.3, -0.25) is 4.90 Å². The predicted molar refractivity (Wildman–Crippen MR) is 92.0 cm³/mol. The molecule has 1 fully saturated rings. The molecule has 0 saturated carbocycles. The zero-order valence-corrected chi connectivity index (χ0v) is 14.5. The van der Waals surface area contributed by atoms with E-state index in [1.807, 2.05) is 18.3 Å². The molecule has 1 aliphatic rings. The summed E-state index contributed by atoms with van der Waals surface area (Å²) in [6, 6.07) is 7.74. The molecule has 0 spiro atoms. The molecule has 3 aromatic rings. The van der Waals surface area contributed by atoms with E-state index in [-0.39, 0.29) is 0 Å². The van der Waals surface area contributed by atoms with Gasteiger partial charge in [-0.25, -0.2) is 4.98 Å². The van der Waals surface area contributed by atoms with E-state index in [2.05, 4.69) is 31.2 Å².